The molecule has 4 rings (SSSR count). The molecule has 1 aromatic carbocycles. The Balaban J connectivity index is 1.47. The number of aryl methyl sites for hydroxylation is 2. The predicted octanol–water partition coefficient (Wildman–Crippen LogP) is 3.31. The zero-order valence-electron chi connectivity index (χ0n) is 16.9. The van der Waals surface area contributed by atoms with E-state index in [0.29, 0.717) is 18.8 Å². The summed E-state index contributed by atoms with van der Waals surface area (Å²) in [7, 11) is 0. The number of rotatable bonds is 3. The van der Waals surface area contributed by atoms with E-state index in [1.165, 1.54) is 0 Å². The number of nitrogens with two attached hydrogens (primary N) is 1. The first-order valence-corrected chi connectivity index (χ1v) is 9.74. The Hall–Kier alpha value is -2.67. The van der Waals surface area contributed by atoms with Crippen molar-refractivity contribution >= 4 is 16.9 Å². The smallest absolute Gasteiger partial charge is 0.289 e. The number of fused-ring (bicyclic) bond motifs is 1. The Morgan fingerprint density at radius 2 is 1.96 bits per heavy atom. The van der Waals surface area contributed by atoms with Crippen LogP contribution in [-0.4, -0.2) is 38.9 Å². The van der Waals surface area contributed by atoms with Crippen LogP contribution in [0.3, 0.4) is 0 Å². The number of carbonyl (C=O) groups is 1. The summed E-state index contributed by atoms with van der Waals surface area (Å²) in [6.07, 6.45) is 3.59. The topological polar surface area (TPSA) is 90.2 Å². The fourth-order valence-corrected chi connectivity index (χ4v) is 3.76. The lowest BCUT2D eigenvalue weighted by atomic mass is 10.0. The van der Waals surface area contributed by atoms with Gasteiger partial charge in [0.25, 0.3) is 5.91 Å². The minimum absolute atomic E-state index is 0.0350. The summed E-state index contributed by atoms with van der Waals surface area (Å²) < 4.78 is 7.80. The Kier molecular flexibility index (Phi) is 4.50. The van der Waals surface area contributed by atoms with Gasteiger partial charge in [0.1, 0.15) is 11.3 Å². The number of benzene rings is 1. The number of nitrogens with zero attached hydrogens (tertiary/aromatic N) is 4. The largest absolute Gasteiger partial charge is 0.451 e. The number of piperidine rings is 1. The van der Waals surface area contributed by atoms with Crippen LogP contribution >= 0.6 is 0 Å². The van der Waals surface area contributed by atoms with Crippen LogP contribution in [0.15, 0.2) is 28.8 Å². The average molecular weight is 381 g/mol. The third kappa shape index (κ3) is 3.30. The summed E-state index contributed by atoms with van der Waals surface area (Å²) in [6, 6.07) is 6.27. The quantitative estimate of drug-likeness (QED) is 0.752. The first-order valence-electron chi connectivity index (χ1n) is 9.74. The number of hydrogen-bond donors (Lipinski definition) is 1. The van der Waals surface area contributed by atoms with Gasteiger partial charge < -0.3 is 15.1 Å². The van der Waals surface area contributed by atoms with Crippen LogP contribution in [0.1, 0.15) is 60.1 Å². The molecular formula is C21H27N5O2. The van der Waals surface area contributed by atoms with Crippen molar-refractivity contribution in [3.8, 4) is 0 Å². The van der Waals surface area contributed by atoms with E-state index >= 15 is 0 Å². The summed E-state index contributed by atoms with van der Waals surface area (Å²) in [4.78, 5) is 14.9. The van der Waals surface area contributed by atoms with Crippen LogP contribution < -0.4 is 5.73 Å². The molecule has 1 saturated heterocycles. The van der Waals surface area contributed by atoms with Gasteiger partial charge >= 0.3 is 0 Å². The molecule has 0 radical (unpaired) electrons. The van der Waals surface area contributed by atoms with E-state index in [1.807, 2.05) is 61.7 Å². The second kappa shape index (κ2) is 6.74. The molecule has 1 aliphatic heterocycles. The number of hydrogen-bond acceptors (Lipinski definition) is 5. The molecule has 0 spiro atoms. The molecule has 7 heteroatoms. The molecule has 2 N–H and O–H groups in total. The molecule has 0 saturated carbocycles. The van der Waals surface area contributed by atoms with Gasteiger partial charge in [0.05, 0.1) is 17.8 Å². The maximum Gasteiger partial charge on any atom is 0.289 e. The summed E-state index contributed by atoms with van der Waals surface area (Å²) in [5.41, 5.74) is 9.17. The molecule has 3 heterocycles. The molecule has 1 fully saturated rings. The summed E-state index contributed by atoms with van der Waals surface area (Å²) in [5.74, 6) is 0.416. The molecule has 0 bridgehead atoms. The highest BCUT2D eigenvalue weighted by molar-refractivity contribution is 5.99. The first kappa shape index (κ1) is 18.7. The number of furan rings is 1. The third-order valence-corrected chi connectivity index (χ3v) is 5.58. The average Bonchev–Trinajstić information content (AvgIpc) is 3.26. The fourth-order valence-electron chi connectivity index (χ4n) is 3.76. The monoisotopic (exact) mass is 381 g/mol. The highest BCUT2D eigenvalue weighted by Crippen LogP contribution is 2.29. The number of carbonyl (C=O) groups excluding carboxylic acids is 1. The lowest BCUT2D eigenvalue weighted by Gasteiger charge is -2.31. The van der Waals surface area contributed by atoms with Crippen molar-refractivity contribution in [1.29, 1.82) is 0 Å². The van der Waals surface area contributed by atoms with E-state index < -0.39 is 5.54 Å². The van der Waals surface area contributed by atoms with Crippen molar-refractivity contribution < 1.29 is 9.21 Å². The minimum atomic E-state index is -0.508. The van der Waals surface area contributed by atoms with Gasteiger partial charge in [-0.3, -0.25) is 4.79 Å². The van der Waals surface area contributed by atoms with Crippen LogP contribution in [-0.2, 0) is 5.54 Å². The first-order chi connectivity index (χ1) is 13.2. The van der Waals surface area contributed by atoms with E-state index in [1.54, 1.807) is 0 Å². The Morgan fingerprint density at radius 3 is 2.61 bits per heavy atom. The van der Waals surface area contributed by atoms with Gasteiger partial charge in [0.15, 0.2) is 5.76 Å². The van der Waals surface area contributed by atoms with E-state index in [2.05, 4.69) is 10.3 Å². The number of likely N-dealkylation sites (tertiary alicyclic amines) is 1. The Labute approximate surface area is 164 Å². The third-order valence-electron chi connectivity index (χ3n) is 5.58. The van der Waals surface area contributed by atoms with Crippen LogP contribution in [0.2, 0.25) is 0 Å². The van der Waals surface area contributed by atoms with E-state index in [-0.39, 0.29) is 11.9 Å². The normalized spacial score (nSPS) is 16.1. The van der Waals surface area contributed by atoms with Crippen molar-refractivity contribution in [1.82, 2.24) is 19.9 Å². The second-order valence-electron chi connectivity index (χ2n) is 8.38. The lowest BCUT2D eigenvalue weighted by molar-refractivity contribution is 0.0658. The summed E-state index contributed by atoms with van der Waals surface area (Å²) >= 11 is 0. The van der Waals surface area contributed by atoms with Gasteiger partial charge in [-0.1, -0.05) is 17.3 Å². The summed E-state index contributed by atoms with van der Waals surface area (Å²) in [6.45, 7) is 9.14. The van der Waals surface area contributed by atoms with Crippen LogP contribution in [0.4, 0.5) is 0 Å². The van der Waals surface area contributed by atoms with Crippen molar-refractivity contribution in [3.05, 3.63) is 47.0 Å². The standard InChI is InChI=1S/C21H27N5O2/c1-13-5-6-16-14(2)19(28-17(16)11-13)20(27)25-9-7-15(8-10-25)26-12-18(23-24-26)21(3,4)22/h5-6,11-12,15H,7-10,22H2,1-4H3. The minimum Gasteiger partial charge on any atom is -0.451 e. The van der Waals surface area contributed by atoms with Gasteiger partial charge in [-0.05, 0) is 52.2 Å². The second-order valence-corrected chi connectivity index (χ2v) is 8.38. The molecule has 28 heavy (non-hydrogen) atoms. The summed E-state index contributed by atoms with van der Waals surface area (Å²) in [5, 5.41) is 9.45. The van der Waals surface area contributed by atoms with Crippen LogP contribution in [0.5, 0.6) is 0 Å². The Morgan fingerprint density at radius 1 is 1.25 bits per heavy atom. The zero-order chi connectivity index (χ0) is 20.1. The highest BCUT2D eigenvalue weighted by atomic mass is 16.3. The van der Waals surface area contributed by atoms with Gasteiger partial charge in [0.2, 0.25) is 0 Å². The molecule has 3 aromatic rings. The van der Waals surface area contributed by atoms with Gasteiger partial charge in [0, 0.05) is 24.0 Å². The van der Waals surface area contributed by atoms with Crippen LogP contribution in [0.25, 0.3) is 11.0 Å². The molecule has 0 unspecified atom stereocenters. The van der Waals surface area contributed by atoms with E-state index in [4.69, 9.17) is 10.2 Å². The van der Waals surface area contributed by atoms with Crippen molar-refractivity contribution in [2.24, 2.45) is 5.73 Å². The molecule has 2 aromatic heterocycles. The number of aromatic nitrogens is 3. The van der Waals surface area contributed by atoms with Gasteiger partial charge in [-0.25, -0.2) is 4.68 Å². The molecule has 7 nitrogen and oxygen atoms in total. The zero-order valence-corrected chi connectivity index (χ0v) is 16.9. The molecule has 1 aliphatic rings. The molecule has 0 atom stereocenters. The van der Waals surface area contributed by atoms with E-state index in [9.17, 15) is 4.79 Å². The molecule has 148 valence electrons. The van der Waals surface area contributed by atoms with Crippen LogP contribution in [0, 0.1) is 13.8 Å². The molecular weight excluding hydrogens is 354 g/mol. The fraction of sp³-hybridized carbons (Fsp3) is 0.476. The van der Waals surface area contributed by atoms with Gasteiger partial charge in [-0.15, -0.1) is 5.10 Å². The maximum absolute atomic E-state index is 13.0. The molecule has 1 amide bonds. The van der Waals surface area contributed by atoms with Crippen molar-refractivity contribution in [2.75, 3.05) is 13.1 Å². The number of amides is 1. The highest BCUT2D eigenvalue weighted by Gasteiger charge is 2.29. The molecule has 0 aliphatic carbocycles. The maximum atomic E-state index is 13.0. The van der Waals surface area contributed by atoms with Gasteiger partial charge in [-0.2, -0.15) is 0 Å². The van der Waals surface area contributed by atoms with Crippen molar-refractivity contribution in [3.63, 3.8) is 0 Å². The predicted molar refractivity (Wildman–Crippen MR) is 107 cm³/mol. The Bertz CT molecular complexity index is 1020. The lowest BCUT2D eigenvalue weighted by Crippen LogP contribution is -2.39. The SMILES string of the molecule is Cc1ccc2c(C)c(C(=O)N3CCC(n4cc(C(C)(C)N)nn4)CC3)oc2c1. The van der Waals surface area contributed by atoms with Crippen molar-refractivity contribution in [2.45, 2.75) is 52.1 Å². The van der Waals surface area contributed by atoms with E-state index in [0.717, 1.165) is 40.6 Å².